The first kappa shape index (κ1) is 14.6. The van der Waals surface area contributed by atoms with Gasteiger partial charge >= 0.3 is 0 Å². The highest BCUT2D eigenvalue weighted by Gasteiger charge is 2.25. The molecule has 1 amide bonds. The second-order valence-corrected chi connectivity index (χ2v) is 6.23. The molecule has 0 aliphatic carbocycles. The van der Waals surface area contributed by atoms with Crippen LogP contribution in [0.25, 0.3) is 16.3 Å². The van der Waals surface area contributed by atoms with Gasteiger partial charge in [-0.05, 0) is 33.8 Å². The van der Waals surface area contributed by atoms with E-state index in [2.05, 4.69) is 0 Å². The Hall–Kier alpha value is -2.36. The van der Waals surface area contributed by atoms with E-state index in [0.717, 1.165) is 10.9 Å². The van der Waals surface area contributed by atoms with Crippen LogP contribution in [0.2, 0.25) is 0 Å². The van der Waals surface area contributed by atoms with Gasteiger partial charge in [0.05, 0.1) is 11.1 Å². The van der Waals surface area contributed by atoms with Crippen LogP contribution in [0.1, 0.15) is 38.1 Å². The molecule has 1 aromatic carbocycles. The van der Waals surface area contributed by atoms with E-state index >= 15 is 0 Å². The molecule has 0 atom stereocenters. The van der Waals surface area contributed by atoms with Gasteiger partial charge in [-0.2, -0.15) is 0 Å². The van der Waals surface area contributed by atoms with E-state index in [-0.39, 0.29) is 23.4 Å². The molecule has 114 valence electrons. The van der Waals surface area contributed by atoms with Gasteiger partial charge in [0.2, 0.25) is 0 Å². The van der Waals surface area contributed by atoms with Gasteiger partial charge in [-0.25, -0.2) is 0 Å². The summed E-state index contributed by atoms with van der Waals surface area (Å²) in [6.45, 7) is 8.07. The number of benzene rings is 1. The van der Waals surface area contributed by atoms with Gasteiger partial charge < -0.3 is 9.30 Å². The third-order valence-corrected chi connectivity index (χ3v) is 4.08. The van der Waals surface area contributed by atoms with Crippen molar-refractivity contribution in [3.63, 3.8) is 0 Å². The molecule has 4 nitrogen and oxygen atoms in total. The molecule has 0 spiro atoms. The summed E-state index contributed by atoms with van der Waals surface area (Å²) in [6, 6.07) is 7.34. The molecule has 2 heterocycles. The van der Waals surface area contributed by atoms with E-state index in [1.165, 1.54) is 0 Å². The zero-order valence-corrected chi connectivity index (χ0v) is 13.3. The van der Waals surface area contributed by atoms with E-state index in [0.29, 0.717) is 10.9 Å². The Labute approximate surface area is 129 Å². The largest absolute Gasteiger partial charge is 0.334 e. The van der Waals surface area contributed by atoms with Gasteiger partial charge in [0.25, 0.3) is 5.91 Å². The van der Waals surface area contributed by atoms with Crippen molar-refractivity contribution in [2.75, 3.05) is 0 Å². The lowest BCUT2D eigenvalue weighted by atomic mass is 10.1. The SMILES string of the molecule is CC(C)N(C(=O)c1cn2ccc(=O)c3cccc1c32)C(C)C. The Kier molecular flexibility index (Phi) is 3.39. The van der Waals surface area contributed by atoms with E-state index in [4.69, 9.17) is 0 Å². The first-order chi connectivity index (χ1) is 10.4. The van der Waals surface area contributed by atoms with Crippen molar-refractivity contribution >= 4 is 22.2 Å². The number of pyridine rings is 1. The zero-order chi connectivity index (χ0) is 16.0. The summed E-state index contributed by atoms with van der Waals surface area (Å²) in [5.41, 5.74) is 1.46. The second kappa shape index (κ2) is 5.13. The van der Waals surface area contributed by atoms with Crippen LogP contribution in [0.15, 0.2) is 41.5 Å². The van der Waals surface area contributed by atoms with E-state index in [1.54, 1.807) is 12.3 Å². The first-order valence-electron chi connectivity index (χ1n) is 7.60. The summed E-state index contributed by atoms with van der Waals surface area (Å²) >= 11 is 0. The minimum absolute atomic E-state index is 0.00801. The number of carbonyl (C=O) groups excluding carboxylic acids is 1. The molecule has 0 aliphatic heterocycles. The highest BCUT2D eigenvalue weighted by atomic mass is 16.2. The van der Waals surface area contributed by atoms with Crippen molar-refractivity contribution in [1.29, 1.82) is 0 Å². The lowest BCUT2D eigenvalue weighted by Crippen LogP contribution is -2.41. The molecule has 0 N–H and O–H groups in total. The van der Waals surface area contributed by atoms with Gasteiger partial charge in [-0.1, -0.05) is 12.1 Å². The van der Waals surface area contributed by atoms with E-state index in [1.807, 2.05) is 61.4 Å². The van der Waals surface area contributed by atoms with Crippen LogP contribution in [0.3, 0.4) is 0 Å². The normalized spacial score (nSPS) is 11.9. The highest BCUT2D eigenvalue weighted by Crippen LogP contribution is 2.26. The summed E-state index contributed by atoms with van der Waals surface area (Å²) in [5, 5.41) is 1.49. The standard InChI is InChI=1S/C18H20N2O2/c1-11(2)20(12(3)4)18(22)15-10-19-9-8-16(21)14-7-5-6-13(15)17(14)19/h5-12H,1-4H3. The number of amides is 1. The van der Waals surface area contributed by atoms with E-state index < -0.39 is 0 Å². The van der Waals surface area contributed by atoms with Crippen molar-refractivity contribution in [2.45, 2.75) is 39.8 Å². The molecule has 3 aromatic rings. The molecule has 2 aromatic heterocycles. The summed E-state index contributed by atoms with van der Waals surface area (Å²) in [4.78, 5) is 26.9. The molecule has 0 fully saturated rings. The lowest BCUT2D eigenvalue weighted by Gasteiger charge is -2.30. The molecule has 4 heteroatoms. The number of para-hydroxylation sites is 1. The maximum atomic E-state index is 13.0. The van der Waals surface area contributed by atoms with Crippen LogP contribution in [0, 0.1) is 0 Å². The Morgan fingerprint density at radius 3 is 2.32 bits per heavy atom. The molecule has 0 saturated carbocycles. The van der Waals surface area contributed by atoms with Gasteiger partial charge in [0.1, 0.15) is 0 Å². The number of hydrogen-bond acceptors (Lipinski definition) is 2. The predicted molar refractivity (Wildman–Crippen MR) is 88.8 cm³/mol. The van der Waals surface area contributed by atoms with Crippen molar-refractivity contribution in [2.24, 2.45) is 0 Å². The number of nitrogens with zero attached hydrogens (tertiary/aromatic N) is 2. The minimum Gasteiger partial charge on any atom is -0.334 e. The maximum Gasteiger partial charge on any atom is 0.256 e. The molecule has 0 saturated heterocycles. The van der Waals surface area contributed by atoms with E-state index in [9.17, 15) is 9.59 Å². The van der Waals surface area contributed by atoms with Gasteiger partial charge in [-0.3, -0.25) is 9.59 Å². The molecule has 0 bridgehead atoms. The molecule has 3 rings (SSSR count). The van der Waals surface area contributed by atoms with Crippen molar-refractivity contribution < 1.29 is 4.79 Å². The Bertz CT molecular complexity index is 885. The maximum absolute atomic E-state index is 13.0. The number of rotatable bonds is 3. The third-order valence-electron chi connectivity index (χ3n) is 4.08. The second-order valence-electron chi connectivity index (χ2n) is 6.23. The van der Waals surface area contributed by atoms with Crippen molar-refractivity contribution in [1.82, 2.24) is 9.30 Å². The summed E-state index contributed by atoms with van der Waals surface area (Å²) < 4.78 is 1.87. The Morgan fingerprint density at radius 2 is 1.68 bits per heavy atom. The summed E-state index contributed by atoms with van der Waals surface area (Å²) in [6.07, 6.45) is 3.56. The van der Waals surface area contributed by atoms with Crippen LogP contribution in [-0.2, 0) is 0 Å². The fourth-order valence-electron chi connectivity index (χ4n) is 3.24. The summed E-state index contributed by atoms with van der Waals surface area (Å²) in [5.74, 6) is 0.00801. The average Bonchev–Trinajstić information content (AvgIpc) is 2.82. The average molecular weight is 296 g/mol. The molecule has 0 aliphatic rings. The molecular weight excluding hydrogens is 276 g/mol. The summed E-state index contributed by atoms with van der Waals surface area (Å²) in [7, 11) is 0. The molecule has 0 unspecified atom stereocenters. The molecule has 0 radical (unpaired) electrons. The topological polar surface area (TPSA) is 41.8 Å². The number of hydrogen-bond donors (Lipinski definition) is 0. The smallest absolute Gasteiger partial charge is 0.256 e. The Morgan fingerprint density at radius 1 is 1.05 bits per heavy atom. The fourth-order valence-corrected chi connectivity index (χ4v) is 3.24. The number of carbonyl (C=O) groups is 1. The van der Waals surface area contributed by atoms with Crippen LogP contribution in [0.4, 0.5) is 0 Å². The monoisotopic (exact) mass is 296 g/mol. The number of aromatic nitrogens is 1. The fraction of sp³-hybridized carbons (Fsp3) is 0.333. The van der Waals surface area contributed by atoms with Gasteiger partial charge in [0.15, 0.2) is 5.43 Å². The molecule has 22 heavy (non-hydrogen) atoms. The van der Waals surface area contributed by atoms with Crippen molar-refractivity contribution in [3.8, 4) is 0 Å². The minimum atomic E-state index is -0.0141. The Balaban J connectivity index is 2.26. The zero-order valence-electron chi connectivity index (χ0n) is 13.3. The predicted octanol–water partition coefficient (Wildman–Crippen LogP) is 3.15. The van der Waals surface area contributed by atoms with Gasteiger partial charge in [0, 0.05) is 41.3 Å². The lowest BCUT2D eigenvalue weighted by molar-refractivity contribution is 0.0646. The van der Waals surface area contributed by atoms with Crippen LogP contribution >= 0.6 is 0 Å². The van der Waals surface area contributed by atoms with Crippen molar-refractivity contribution in [3.05, 3.63) is 52.4 Å². The third kappa shape index (κ3) is 2.06. The van der Waals surface area contributed by atoms with Crippen LogP contribution < -0.4 is 5.43 Å². The molecular formula is C18H20N2O2. The highest BCUT2D eigenvalue weighted by molar-refractivity contribution is 6.11. The quantitative estimate of drug-likeness (QED) is 0.745. The van der Waals surface area contributed by atoms with Crippen LogP contribution in [-0.4, -0.2) is 27.3 Å². The first-order valence-corrected chi connectivity index (χ1v) is 7.60. The van der Waals surface area contributed by atoms with Crippen LogP contribution in [0.5, 0.6) is 0 Å². The van der Waals surface area contributed by atoms with Gasteiger partial charge in [-0.15, -0.1) is 0 Å².